The minimum atomic E-state index is -0.692. The zero-order valence-corrected chi connectivity index (χ0v) is 14.2. The van der Waals surface area contributed by atoms with E-state index >= 15 is 0 Å². The highest BCUT2D eigenvalue weighted by molar-refractivity contribution is 6.32. The van der Waals surface area contributed by atoms with Crippen LogP contribution < -0.4 is 5.32 Å². The number of nitrogens with zero attached hydrogens (tertiary/aromatic N) is 1. The lowest BCUT2D eigenvalue weighted by molar-refractivity contribution is -0.130. The Morgan fingerprint density at radius 3 is 2.42 bits per heavy atom. The van der Waals surface area contributed by atoms with Gasteiger partial charge in [-0.15, -0.1) is 0 Å². The van der Waals surface area contributed by atoms with Crippen LogP contribution in [0.15, 0.2) is 48.5 Å². The molecular weight excluding hydrogens is 328 g/mol. The molecule has 2 amide bonds. The van der Waals surface area contributed by atoms with Gasteiger partial charge in [-0.2, -0.15) is 0 Å². The number of likely N-dealkylation sites (N-methyl/N-ethyl adjacent to an activating group) is 1. The molecule has 0 fully saturated rings. The Labute approximate surface area is 145 Å². The fourth-order valence-corrected chi connectivity index (χ4v) is 2.43. The molecule has 0 aliphatic carbocycles. The first kappa shape index (κ1) is 17.8. The van der Waals surface area contributed by atoms with Gasteiger partial charge in [0.1, 0.15) is 11.8 Å². The Hall–Kier alpha value is -2.53. The van der Waals surface area contributed by atoms with Gasteiger partial charge in [-0.1, -0.05) is 41.9 Å². The molecular formula is C18H19ClN2O3. The van der Waals surface area contributed by atoms with Gasteiger partial charge >= 0.3 is 0 Å². The Kier molecular flexibility index (Phi) is 5.82. The van der Waals surface area contributed by atoms with Gasteiger partial charge in [0.05, 0.1) is 5.02 Å². The molecule has 0 aromatic heterocycles. The van der Waals surface area contributed by atoms with Crippen molar-refractivity contribution in [1.29, 1.82) is 0 Å². The van der Waals surface area contributed by atoms with Crippen molar-refractivity contribution in [1.82, 2.24) is 10.2 Å². The van der Waals surface area contributed by atoms with Gasteiger partial charge in [0.25, 0.3) is 5.91 Å². The summed E-state index contributed by atoms with van der Waals surface area (Å²) in [6.45, 7) is 0. The van der Waals surface area contributed by atoms with E-state index in [9.17, 15) is 14.7 Å². The first-order valence-electron chi connectivity index (χ1n) is 7.43. The van der Waals surface area contributed by atoms with Crippen molar-refractivity contribution in [3.05, 3.63) is 64.7 Å². The predicted octanol–water partition coefficient (Wildman–Crippen LogP) is 2.47. The molecule has 0 heterocycles. The van der Waals surface area contributed by atoms with Crippen molar-refractivity contribution in [2.75, 3.05) is 14.1 Å². The van der Waals surface area contributed by atoms with E-state index in [-0.39, 0.29) is 22.2 Å². The number of carbonyl (C=O) groups is 2. The predicted molar refractivity (Wildman–Crippen MR) is 93.2 cm³/mol. The summed E-state index contributed by atoms with van der Waals surface area (Å²) >= 11 is 5.83. The van der Waals surface area contributed by atoms with Crippen LogP contribution in [0.5, 0.6) is 5.75 Å². The Morgan fingerprint density at radius 1 is 1.17 bits per heavy atom. The van der Waals surface area contributed by atoms with Crippen molar-refractivity contribution in [2.24, 2.45) is 0 Å². The first-order chi connectivity index (χ1) is 11.4. The highest BCUT2D eigenvalue weighted by atomic mass is 35.5. The van der Waals surface area contributed by atoms with Crippen LogP contribution in [0.1, 0.15) is 15.9 Å². The van der Waals surface area contributed by atoms with Gasteiger partial charge in [0, 0.05) is 26.1 Å². The maximum Gasteiger partial charge on any atom is 0.251 e. The van der Waals surface area contributed by atoms with E-state index in [0.717, 1.165) is 5.56 Å². The minimum Gasteiger partial charge on any atom is -0.506 e. The fraction of sp³-hybridized carbons (Fsp3) is 0.222. The smallest absolute Gasteiger partial charge is 0.251 e. The number of aromatic hydroxyl groups is 1. The quantitative estimate of drug-likeness (QED) is 0.873. The summed E-state index contributed by atoms with van der Waals surface area (Å²) in [5.41, 5.74) is 1.23. The third kappa shape index (κ3) is 4.49. The average Bonchev–Trinajstić information content (AvgIpc) is 2.56. The number of carbonyl (C=O) groups excluding carboxylic acids is 2. The number of halogens is 1. The molecule has 0 saturated carbocycles. The summed E-state index contributed by atoms with van der Waals surface area (Å²) in [5, 5.41) is 12.3. The molecule has 0 aliphatic rings. The van der Waals surface area contributed by atoms with Crippen molar-refractivity contribution in [3.63, 3.8) is 0 Å². The highest BCUT2D eigenvalue weighted by Gasteiger charge is 2.23. The maximum absolute atomic E-state index is 12.4. The second-order valence-electron chi connectivity index (χ2n) is 5.61. The number of phenols is 1. The van der Waals surface area contributed by atoms with Gasteiger partial charge in [0.2, 0.25) is 5.91 Å². The monoisotopic (exact) mass is 346 g/mol. The standard InChI is InChI=1S/C18H19ClN2O3/c1-21(2)18(24)15(10-12-6-4-3-5-7-12)20-17(23)13-8-9-16(22)14(19)11-13/h3-9,11,15,22H,10H2,1-2H3,(H,20,23)/t15-/m1/s1. The van der Waals surface area contributed by atoms with E-state index in [1.54, 1.807) is 14.1 Å². The lowest BCUT2D eigenvalue weighted by Crippen LogP contribution is -2.47. The zero-order chi connectivity index (χ0) is 17.7. The van der Waals surface area contributed by atoms with Crippen LogP contribution in [0.3, 0.4) is 0 Å². The number of hydrogen-bond donors (Lipinski definition) is 2. The second-order valence-corrected chi connectivity index (χ2v) is 6.02. The minimum absolute atomic E-state index is 0.0844. The summed E-state index contributed by atoms with van der Waals surface area (Å²) < 4.78 is 0. The van der Waals surface area contributed by atoms with Gasteiger partial charge in [-0.3, -0.25) is 9.59 Å². The van der Waals surface area contributed by atoms with E-state index in [2.05, 4.69) is 5.32 Å². The van der Waals surface area contributed by atoms with Crippen LogP contribution in [-0.4, -0.2) is 42.0 Å². The zero-order valence-electron chi connectivity index (χ0n) is 13.5. The van der Waals surface area contributed by atoms with Crippen molar-refractivity contribution >= 4 is 23.4 Å². The Balaban J connectivity index is 2.19. The largest absolute Gasteiger partial charge is 0.506 e. The van der Waals surface area contributed by atoms with Crippen LogP contribution in [0.2, 0.25) is 5.02 Å². The summed E-state index contributed by atoms with van der Waals surface area (Å²) in [6.07, 6.45) is 0.384. The molecule has 6 heteroatoms. The lowest BCUT2D eigenvalue weighted by Gasteiger charge is -2.22. The molecule has 0 unspecified atom stereocenters. The van der Waals surface area contributed by atoms with Gasteiger partial charge in [-0.05, 0) is 23.8 Å². The van der Waals surface area contributed by atoms with Crippen molar-refractivity contribution < 1.29 is 14.7 Å². The second kappa shape index (κ2) is 7.84. The summed E-state index contributed by atoms with van der Waals surface area (Å²) in [6, 6.07) is 12.9. The number of phenolic OH excluding ortho intramolecular Hbond substituents is 1. The normalized spacial score (nSPS) is 11.6. The Morgan fingerprint density at radius 2 is 1.83 bits per heavy atom. The van der Waals surface area contributed by atoms with E-state index < -0.39 is 11.9 Å². The molecule has 1 atom stereocenters. The third-order valence-electron chi connectivity index (χ3n) is 3.54. The molecule has 24 heavy (non-hydrogen) atoms. The SMILES string of the molecule is CN(C)C(=O)[C@@H](Cc1ccccc1)NC(=O)c1ccc(O)c(Cl)c1. The molecule has 2 rings (SSSR count). The average molecular weight is 347 g/mol. The molecule has 2 N–H and O–H groups in total. The molecule has 0 aliphatic heterocycles. The maximum atomic E-state index is 12.4. The van der Waals surface area contributed by atoms with E-state index in [0.29, 0.717) is 6.42 Å². The van der Waals surface area contributed by atoms with Gasteiger partial charge < -0.3 is 15.3 Å². The molecule has 0 bridgehead atoms. The Bertz CT molecular complexity index is 732. The van der Waals surface area contributed by atoms with E-state index in [1.807, 2.05) is 30.3 Å². The van der Waals surface area contributed by atoms with Crippen molar-refractivity contribution in [2.45, 2.75) is 12.5 Å². The van der Waals surface area contributed by atoms with Gasteiger partial charge in [0.15, 0.2) is 0 Å². The number of benzene rings is 2. The van der Waals surface area contributed by atoms with E-state index in [1.165, 1.54) is 23.1 Å². The molecule has 0 radical (unpaired) electrons. The lowest BCUT2D eigenvalue weighted by atomic mass is 10.0. The van der Waals surface area contributed by atoms with E-state index in [4.69, 9.17) is 11.6 Å². The van der Waals surface area contributed by atoms with Crippen LogP contribution in [-0.2, 0) is 11.2 Å². The fourth-order valence-electron chi connectivity index (χ4n) is 2.25. The molecule has 2 aromatic carbocycles. The molecule has 126 valence electrons. The number of hydrogen-bond acceptors (Lipinski definition) is 3. The molecule has 5 nitrogen and oxygen atoms in total. The summed E-state index contributed by atoms with van der Waals surface area (Å²) in [5.74, 6) is -0.719. The van der Waals surface area contributed by atoms with Crippen LogP contribution in [0.25, 0.3) is 0 Å². The van der Waals surface area contributed by atoms with Crippen LogP contribution in [0.4, 0.5) is 0 Å². The van der Waals surface area contributed by atoms with Crippen molar-refractivity contribution in [3.8, 4) is 5.75 Å². The van der Waals surface area contributed by atoms with Gasteiger partial charge in [-0.25, -0.2) is 0 Å². The van der Waals surface area contributed by atoms with Crippen LogP contribution >= 0.6 is 11.6 Å². The highest BCUT2D eigenvalue weighted by Crippen LogP contribution is 2.23. The summed E-state index contributed by atoms with van der Waals surface area (Å²) in [4.78, 5) is 26.2. The number of amides is 2. The number of rotatable bonds is 5. The number of nitrogens with one attached hydrogen (secondary N) is 1. The molecule has 0 saturated heterocycles. The molecule has 2 aromatic rings. The molecule has 0 spiro atoms. The topological polar surface area (TPSA) is 69.6 Å². The first-order valence-corrected chi connectivity index (χ1v) is 7.80. The summed E-state index contributed by atoms with van der Waals surface area (Å²) in [7, 11) is 3.29. The van der Waals surface area contributed by atoms with Crippen LogP contribution in [0, 0.1) is 0 Å². The third-order valence-corrected chi connectivity index (χ3v) is 3.84.